The fraction of sp³-hybridized carbons (Fsp3) is 0.560. The summed E-state index contributed by atoms with van der Waals surface area (Å²) in [4.78, 5) is 50.7. The Hall–Kier alpha value is -3.43. The molecule has 1 fully saturated rings. The predicted molar refractivity (Wildman–Crippen MR) is 132 cm³/mol. The van der Waals surface area contributed by atoms with Gasteiger partial charge in [-0.05, 0) is 57.2 Å². The summed E-state index contributed by atoms with van der Waals surface area (Å²) in [5, 5.41) is 11.5. The number of likely N-dealkylation sites (tertiary alicyclic amines) is 1. The van der Waals surface area contributed by atoms with E-state index >= 15 is 0 Å². The first kappa shape index (κ1) is 26.2. The van der Waals surface area contributed by atoms with E-state index in [0.717, 1.165) is 11.1 Å². The zero-order valence-corrected chi connectivity index (χ0v) is 20.8. The highest BCUT2D eigenvalue weighted by atomic mass is 16.6. The van der Waals surface area contributed by atoms with E-state index in [9.17, 15) is 19.2 Å². The molecule has 0 spiro atoms. The lowest BCUT2D eigenvalue weighted by molar-refractivity contribution is -0.122. The number of rotatable bonds is 8. The van der Waals surface area contributed by atoms with Crippen LogP contribution in [-0.4, -0.2) is 66.7 Å². The van der Waals surface area contributed by atoms with Gasteiger partial charge in [-0.25, -0.2) is 9.80 Å². The van der Waals surface area contributed by atoms with E-state index in [-0.39, 0.29) is 49.1 Å². The van der Waals surface area contributed by atoms with Crippen molar-refractivity contribution >= 4 is 35.2 Å². The molecule has 1 aromatic carbocycles. The SMILES string of the molecule is CCOC(=O)N1CCC(NC(=O)CCCNC(=O)C2=NN(c3cc(C)ccc3C)C(=O)CC2)CC1. The molecule has 2 N–H and O–H groups in total. The van der Waals surface area contributed by atoms with E-state index in [2.05, 4.69) is 15.7 Å². The van der Waals surface area contributed by atoms with Crippen molar-refractivity contribution in [3.63, 3.8) is 0 Å². The highest BCUT2D eigenvalue weighted by molar-refractivity contribution is 6.40. The molecule has 0 aromatic heterocycles. The molecule has 10 nitrogen and oxygen atoms in total. The highest BCUT2D eigenvalue weighted by Gasteiger charge is 2.27. The second-order valence-corrected chi connectivity index (χ2v) is 8.93. The molecular weight excluding hydrogens is 450 g/mol. The summed E-state index contributed by atoms with van der Waals surface area (Å²) in [7, 11) is 0. The fourth-order valence-corrected chi connectivity index (χ4v) is 4.13. The Bertz CT molecular complexity index is 984. The summed E-state index contributed by atoms with van der Waals surface area (Å²) >= 11 is 0. The molecule has 35 heavy (non-hydrogen) atoms. The molecule has 3 rings (SSSR count). The molecule has 190 valence electrons. The van der Waals surface area contributed by atoms with Crippen LogP contribution < -0.4 is 15.6 Å². The van der Waals surface area contributed by atoms with Gasteiger partial charge in [0.05, 0.1) is 12.3 Å². The Kier molecular flexibility index (Phi) is 9.22. The maximum Gasteiger partial charge on any atom is 0.409 e. The van der Waals surface area contributed by atoms with Gasteiger partial charge in [-0.2, -0.15) is 5.10 Å². The van der Waals surface area contributed by atoms with Crippen LogP contribution in [0.15, 0.2) is 23.3 Å². The molecule has 1 aromatic rings. The number of benzene rings is 1. The number of hydrogen-bond acceptors (Lipinski definition) is 6. The molecule has 4 amide bonds. The minimum Gasteiger partial charge on any atom is -0.450 e. The van der Waals surface area contributed by atoms with Gasteiger partial charge in [0, 0.05) is 44.9 Å². The minimum absolute atomic E-state index is 0.0352. The zero-order chi connectivity index (χ0) is 25.4. The van der Waals surface area contributed by atoms with E-state index in [1.807, 2.05) is 32.0 Å². The van der Waals surface area contributed by atoms with Gasteiger partial charge in [-0.15, -0.1) is 0 Å². The number of hydrazone groups is 1. The molecule has 0 atom stereocenters. The van der Waals surface area contributed by atoms with Crippen molar-refractivity contribution in [2.24, 2.45) is 5.10 Å². The third-order valence-corrected chi connectivity index (χ3v) is 6.14. The number of anilines is 1. The van der Waals surface area contributed by atoms with Gasteiger partial charge in [-0.3, -0.25) is 14.4 Å². The number of hydrogen-bond donors (Lipinski definition) is 2. The lowest BCUT2D eigenvalue weighted by atomic mass is 10.1. The first-order chi connectivity index (χ1) is 16.8. The Labute approximate surface area is 206 Å². The lowest BCUT2D eigenvalue weighted by Gasteiger charge is -2.31. The van der Waals surface area contributed by atoms with E-state index in [1.54, 1.807) is 11.8 Å². The second-order valence-electron chi connectivity index (χ2n) is 8.93. The zero-order valence-electron chi connectivity index (χ0n) is 20.8. The molecule has 0 saturated carbocycles. The quantitative estimate of drug-likeness (QED) is 0.548. The number of ether oxygens (including phenoxy) is 1. The summed E-state index contributed by atoms with van der Waals surface area (Å²) in [6.07, 6.45) is 2.36. The average Bonchev–Trinajstić information content (AvgIpc) is 2.84. The third kappa shape index (κ3) is 7.27. The molecule has 0 aliphatic carbocycles. The average molecular weight is 486 g/mol. The Morgan fingerprint density at radius 3 is 2.60 bits per heavy atom. The van der Waals surface area contributed by atoms with E-state index in [0.29, 0.717) is 56.9 Å². The van der Waals surface area contributed by atoms with Gasteiger partial charge in [0.15, 0.2) is 0 Å². The van der Waals surface area contributed by atoms with E-state index < -0.39 is 0 Å². The van der Waals surface area contributed by atoms with Crippen molar-refractivity contribution in [3.05, 3.63) is 29.3 Å². The fourth-order valence-electron chi connectivity index (χ4n) is 4.13. The Balaban J connectivity index is 1.41. The summed E-state index contributed by atoms with van der Waals surface area (Å²) < 4.78 is 5.01. The standard InChI is InChI=1S/C25H35N5O5/c1-4-35-25(34)29-14-11-19(12-15-29)27-22(31)6-5-13-26-24(33)20-9-10-23(32)30(28-20)21-16-17(2)7-8-18(21)3/h7-8,16,19H,4-6,9-15H2,1-3H3,(H,26,33)(H,27,31). The number of carbonyl (C=O) groups is 4. The van der Waals surface area contributed by atoms with Crippen LogP contribution >= 0.6 is 0 Å². The number of nitrogens with zero attached hydrogens (tertiary/aromatic N) is 3. The monoisotopic (exact) mass is 485 g/mol. The summed E-state index contributed by atoms with van der Waals surface area (Å²) in [6.45, 7) is 7.43. The first-order valence-corrected chi connectivity index (χ1v) is 12.3. The summed E-state index contributed by atoms with van der Waals surface area (Å²) in [5.41, 5.74) is 2.91. The Morgan fingerprint density at radius 2 is 1.89 bits per heavy atom. The molecule has 2 aliphatic heterocycles. The van der Waals surface area contributed by atoms with Crippen molar-refractivity contribution in [1.29, 1.82) is 0 Å². The number of aryl methyl sites for hydroxylation is 2. The van der Waals surface area contributed by atoms with Gasteiger partial charge in [-0.1, -0.05) is 12.1 Å². The van der Waals surface area contributed by atoms with E-state index in [1.165, 1.54) is 5.01 Å². The summed E-state index contributed by atoms with van der Waals surface area (Å²) in [5.74, 6) is -0.532. The molecule has 2 heterocycles. The second kappa shape index (κ2) is 12.3. The smallest absolute Gasteiger partial charge is 0.409 e. The minimum atomic E-state index is -0.320. The molecule has 0 bridgehead atoms. The van der Waals surface area contributed by atoms with Gasteiger partial charge in [0.2, 0.25) is 11.8 Å². The number of piperidine rings is 1. The van der Waals surface area contributed by atoms with Crippen LogP contribution in [0.1, 0.15) is 56.6 Å². The maximum atomic E-state index is 12.6. The van der Waals surface area contributed by atoms with Gasteiger partial charge >= 0.3 is 6.09 Å². The maximum absolute atomic E-state index is 12.6. The van der Waals surface area contributed by atoms with Crippen LogP contribution in [0.2, 0.25) is 0 Å². The molecule has 0 unspecified atom stereocenters. The molecule has 10 heteroatoms. The molecule has 0 radical (unpaired) electrons. The lowest BCUT2D eigenvalue weighted by Crippen LogP contribution is -2.46. The first-order valence-electron chi connectivity index (χ1n) is 12.3. The van der Waals surface area contributed by atoms with E-state index in [4.69, 9.17) is 4.74 Å². The largest absolute Gasteiger partial charge is 0.450 e. The van der Waals surface area contributed by atoms with Crippen LogP contribution in [0.25, 0.3) is 0 Å². The van der Waals surface area contributed by atoms with Crippen molar-refractivity contribution in [2.75, 3.05) is 31.3 Å². The Morgan fingerprint density at radius 1 is 1.14 bits per heavy atom. The van der Waals surface area contributed by atoms with Crippen LogP contribution in [0.5, 0.6) is 0 Å². The van der Waals surface area contributed by atoms with Gasteiger partial charge in [0.1, 0.15) is 5.71 Å². The van der Waals surface area contributed by atoms with Gasteiger partial charge in [0.25, 0.3) is 5.91 Å². The number of nitrogens with one attached hydrogen (secondary N) is 2. The van der Waals surface area contributed by atoms with Crippen LogP contribution in [0.3, 0.4) is 0 Å². The van der Waals surface area contributed by atoms with Crippen LogP contribution in [-0.2, 0) is 19.1 Å². The highest BCUT2D eigenvalue weighted by Crippen LogP contribution is 2.25. The van der Waals surface area contributed by atoms with Crippen molar-refractivity contribution < 1.29 is 23.9 Å². The normalized spacial score (nSPS) is 16.5. The number of amides is 4. The molecular formula is C25H35N5O5. The topological polar surface area (TPSA) is 120 Å². The van der Waals surface area contributed by atoms with Crippen LogP contribution in [0, 0.1) is 13.8 Å². The van der Waals surface area contributed by atoms with Crippen molar-refractivity contribution in [1.82, 2.24) is 15.5 Å². The third-order valence-electron chi connectivity index (χ3n) is 6.14. The van der Waals surface area contributed by atoms with Crippen molar-refractivity contribution in [2.45, 2.75) is 65.3 Å². The van der Waals surface area contributed by atoms with Crippen molar-refractivity contribution in [3.8, 4) is 0 Å². The summed E-state index contributed by atoms with van der Waals surface area (Å²) in [6, 6.07) is 5.81. The molecule has 2 aliphatic rings. The van der Waals surface area contributed by atoms with Gasteiger partial charge < -0.3 is 20.3 Å². The predicted octanol–water partition coefficient (Wildman–Crippen LogP) is 2.42. The molecule has 1 saturated heterocycles. The number of carbonyl (C=O) groups excluding carboxylic acids is 4. The van der Waals surface area contributed by atoms with Crippen LogP contribution in [0.4, 0.5) is 10.5 Å².